The Hall–Kier alpha value is -1.54. The smallest absolute Gasteiger partial charge is 0.211 e. The van der Waals surface area contributed by atoms with Crippen molar-refractivity contribution in [3.63, 3.8) is 0 Å². The molecule has 17 N–H and O–H groups in total. The Morgan fingerprint density at radius 3 is 1.99 bits per heavy atom. The average Bonchev–Trinajstić information content (AvgIpc) is 3.91. The second-order valence-electron chi connectivity index (χ2n) is 18.8. The summed E-state index contributed by atoms with van der Waals surface area (Å²) in [5, 5.41) is 179. The molecule has 71 heavy (non-hydrogen) atoms. The number of rotatable bonds is 18. The largest absolute Gasteiger partial charge is 0.396 e. The van der Waals surface area contributed by atoms with Gasteiger partial charge in [-0.25, -0.2) is 4.68 Å². The lowest BCUT2D eigenvalue weighted by Crippen LogP contribution is -2.66. The molecule has 6 unspecified atom stereocenters. The number of aliphatic hydroxyl groups excluding tert-OH is 16. The highest BCUT2D eigenvalue weighted by molar-refractivity contribution is 6.21. The summed E-state index contributed by atoms with van der Waals surface area (Å²) < 4.78 is 47.7. The van der Waals surface area contributed by atoms with Gasteiger partial charge in [0.05, 0.1) is 74.8 Å². The van der Waals surface area contributed by atoms with Crippen LogP contribution in [0.15, 0.2) is 17.8 Å². The number of aliphatic hydroxyl groups is 16. The van der Waals surface area contributed by atoms with Crippen LogP contribution >= 0.6 is 23.2 Å². The van der Waals surface area contributed by atoms with Gasteiger partial charge >= 0.3 is 0 Å². The molecule has 4 saturated heterocycles. The molecule has 1 aromatic heterocycles. The number of aromatic nitrogens is 3. The third-order valence-electron chi connectivity index (χ3n) is 14.0. The maximum Gasteiger partial charge on any atom is 0.211 e. The van der Waals surface area contributed by atoms with Crippen LogP contribution in [0, 0.1) is 5.92 Å². The van der Waals surface area contributed by atoms with Gasteiger partial charge in [-0.2, -0.15) is 0 Å². The predicted octanol–water partition coefficient (Wildman–Crippen LogP) is -8.94. The maximum atomic E-state index is 11.2. The van der Waals surface area contributed by atoms with Crippen LogP contribution < -0.4 is 5.32 Å². The lowest BCUT2D eigenvalue weighted by molar-refractivity contribution is -0.374. The van der Waals surface area contributed by atoms with Gasteiger partial charge in [0.2, 0.25) is 5.79 Å². The first-order valence-electron chi connectivity index (χ1n) is 23.1. The number of hydrogen-bond acceptors (Lipinski definition) is 27. The van der Waals surface area contributed by atoms with Crippen LogP contribution in [0.5, 0.6) is 0 Å². The molecule has 0 bridgehead atoms. The zero-order valence-electron chi connectivity index (χ0n) is 38.0. The van der Waals surface area contributed by atoms with E-state index in [0.29, 0.717) is 0 Å². The van der Waals surface area contributed by atoms with Gasteiger partial charge in [-0.1, -0.05) is 11.3 Å². The molecule has 30 heteroatoms. The van der Waals surface area contributed by atoms with Crippen LogP contribution in [0.4, 0.5) is 0 Å². The van der Waals surface area contributed by atoms with E-state index in [2.05, 4.69) is 15.6 Å². The zero-order chi connectivity index (χ0) is 51.8. The van der Waals surface area contributed by atoms with Crippen LogP contribution in [0.3, 0.4) is 0 Å². The lowest BCUT2D eigenvalue weighted by atomic mass is 9.83. The molecular formula is C41H66Cl2N4O24. The summed E-state index contributed by atoms with van der Waals surface area (Å²) in [6, 6.07) is -1.62. The number of nitrogens with zero attached hydrogens (tertiary/aromatic N) is 3. The summed E-state index contributed by atoms with van der Waals surface area (Å²) >= 11 is 12.3. The van der Waals surface area contributed by atoms with Crippen molar-refractivity contribution in [1.29, 1.82) is 0 Å². The van der Waals surface area contributed by atoms with Gasteiger partial charge in [0, 0.05) is 18.6 Å². The fourth-order valence-corrected chi connectivity index (χ4v) is 10.4. The standard InChI is InChI=1S/C41H66Cl2N4O24/c1-13-17(44-18-2-15(8-49)25(53)30(58)26(18)54)4-19(52)38(65-13)68-35-23(10-51)67-40(34(62)32(35)60)69-36-22(9-50)66-39(33(61)31(36)59)64-11-16-5-47(46-45-16)6-21-28(56)37(63)41(12-42,71-21)70-20-3-14(7-48)24(43)29(57)27(20)55/h2,5,13-14,17-40,44,48-63H,3-4,6-12H2,1H3/t13?,14-,17+,18+,19?,20+,21-,22?,23?,24+,25-,26+,27+,28+,29+,30+,31-,32-,33?,34?,35-,36-,37+,38-,39-,40-,41-/m1/s1. The molecule has 1 saturated carbocycles. The van der Waals surface area contributed by atoms with Gasteiger partial charge in [-0.15, -0.1) is 28.3 Å². The van der Waals surface area contributed by atoms with E-state index in [-0.39, 0.29) is 30.7 Å². The first kappa shape index (κ1) is 57.2. The molecule has 0 spiro atoms. The average molecular weight is 1070 g/mol. The fourth-order valence-electron chi connectivity index (χ4n) is 9.77. The van der Waals surface area contributed by atoms with Crippen LogP contribution in [0.1, 0.15) is 25.5 Å². The van der Waals surface area contributed by atoms with Crippen molar-refractivity contribution >= 4 is 23.2 Å². The summed E-state index contributed by atoms with van der Waals surface area (Å²) in [6.07, 6.45) is -31.5. The number of ether oxygens (including phenoxy) is 8. The van der Waals surface area contributed by atoms with Crippen LogP contribution in [0.2, 0.25) is 0 Å². The van der Waals surface area contributed by atoms with Crippen LogP contribution in [-0.4, -0.2) is 287 Å². The van der Waals surface area contributed by atoms with Crippen molar-refractivity contribution in [2.75, 3.05) is 32.3 Å². The summed E-state index contributed by atoms with van der Waals surface area (Å²) in [4.78, 5) is 0. The summed E-state index contributed by atoms with van der Waals surface area (Å²) in [5.41, 5.74) is 0.202. The minimum absolute atomic E-state index is 0.0327. The predicted molar refractivity (Wildman–Crippen MR) is 231 cm³/mol. The van der Waals surface area contributed by atoms with Crippen molar-refractivity contribution in [2.24, 2.45) is 5.92 Å². The molecule has 1 aromatic rings. The Morgan fingerprint density at radius 2 is 1.37 bits per heavy atom. The number of alkyl halides is 2. The van der Waals surface area contributed by atoms with Crippen molar-refractivity contribution < 1.29 is 120 Å². The Labute approximate surface area is 415 Å². The minimum atomic E-state index is -2.06. The molecule has 408 valence electrons. The quantitative estimate of drug-likeness (QED) is 0.0479. The Balaban J connectivity index is 0.904. The molecule has 27 atom stereocenters. The fraction of sp³-hybridized carbons (Fsp3) is 0.902. The normalized spacial score (nSPS) is 48.7. The Morgan fingerprint density at radius 1 is 0.732 bits per heavy atom. The van der Waals surface area contributed by atoms with E-state index in [0.717, 1.165) is 0 Å². The van der Waals surface area contributed by atoms with E-state index >= 15 is 0 Å². The summed E-state index contributed by atoms with van der Waals surface area (Å²) in [5.74, 6) is -3.26. The Bertz CT molecular complexity index is 1880. The van der Waals surface area contributed by atoms with E-state index in [4.69, 9.17) is 61.1 Å². The monoisotopic (exact) mass is 1070 g/mol. The zero-order valence-corrected chi connectivity index (χ0v) is 39.6. The van der Waals surface area contributed by atoms with Crippen molar-refractivity contribution in [1.82, 2.24) is 20.3 Å². The van der Waals surface area contributed by atoms with E-state index < -0.39 is 203 Å². The third-order valence-corrected chi connectivity index (χ3v) is 15.0. The van der Waals surface area contributed by atoms with Gasteiger partial charge in [0.1, 0.15) is 103 Å². The SMILES string of the molecule is CC1O[C@H](O[C@@H]2C(CO)O[C@H](O[C@@H]3C(CO)O[C@@H](OCc4cn(C[C@H]5O[C@@](CCl)(O[C@H]6C[C@H](CO)[C@H](Cl)[C@H](O)[C@H]6O)[C@@H](O)[C@H]5O)nn4)C(O)[C@H]3O)C(O)[C@H]2O)C(O)C[C@@H]1N[C@H]1C=C(CO)[C@@H](O)[C@H](O)[C@H]1O. The first-order chi connectivity index (χ1) is 33.7. The minimum Gasteiger partial charge on any atom is -0.396 e. The van der Waals surface area contributed by atoms with E-state index in [1.165, 1.54) is 17.0 Å². The molecule has 5 heterocycles. The van der Waals surface area contributed by atoms with Gasteiger partial charge in [0.25, 0.3) is 0 Å². The molecule has 6 aliphatic rings. The topological polar surface area (TPSA) is 440 Å². The highest BCUT2D eigenvalue weighted by atomic mass is 35.5. The van der Waals surface area contributed by atoms with Crippen LogP contribution in [0.25, 0.3) is 0 Å². The molecule has 5 fully saturated rings. The molecule has 4 aliphatic heterocycles. The van der Waals surface area contributed by atoms with Crippen molar-refractivity contribution in [2.45, 2.75) is 191 Å². The number of halogens is 2. The summed E-state index contributed by atoms with van der Waals surface area (Å²) in [6.45, 7) is -1.73. The van der Waals surface area contributed by atoms with Crippen molar-refractivity contribution in [3.05, 3.63) is 23.5 Å². The van der Waals surface area contributed by atoms with E-state index in [1.54, 1.807) is 6.92 Å². The lowest BCUT2D eigenvalue weighted by Gasteiger charge is -2.48. The number of nitrogens with one attached hydrogen (secondary N) is 1. The molecular weight excluding hydrogens is 1000 g/mol. The van der Waals surface area contributed by atoms with Gasteiger partial charge in [-0.3, -0.25) is 0 Å². The molecule has 2 aliphatic carbocycles. The second kappa shape index (κ2) is 24.2. The van der Waals surface area contributed by atoms with Crippen LogP contribution in [-0.2, 0) is 51.0 Å². The third kappa shape index (κ3) is 11.9. The molecule has 28 nitrogen and oxygen atoms in total. The highest BCUT2D eigenvalue weighted by Gasteiger charge is 2.58. The Kier molecular flexibility index (Phi) is 19.5. The highest BCUT2D eigenvalue weighted by Crippen LogP contribution is 2.40. The van der Waals surface area contributed by atoms with E-state index in [9.17, 15) is 81.7 Å². The molecule has 0 aromatic carbocycles. The van der Waals surface area contributed by atoms with Gasteiger partial charge in [0.15, 0.2) is 18.9 Å². The molecule has 0 radical (unpaired) electrons. The van der Waals surface area contributed by atoms with Gasteiger partial charge < -0.3 is 125 Å². The maximum absolute atomic E-state index is 11.2. The summed E-state index contributed by atoms with van der Waals surface area (Å²) in [7, 11) is 0. The first-order valence-corrected chi connectivity index (χ1v) is 24.1. The van der Waals surface area contributed by atoms with Crippen molar-refractivity contribution in [3.8, 4) is 0 Å². The molecule has 0 amide bonds. The molecule has 7 rings (SSSR count). The number of hydrogen-bond donors (Lipinski definition) is 17. The van der Waals surface area contributed by atoms with E-state index in [1.807, 2.05) is 0 Å². The van der Waals surface area contributed by atoms with Gasteiger partial charge in [-0.05, 0) is 25.3 Å². The second-order valence-corrected chi connectivity index (χ2v) is 19.6.